The van der Waals surface area contributed by atoms with Gasteiger partial charge < -0.3 is 54.5 Å². The summed E-state index contributed by atoms with van der Waals surface area (Å²) < 4.78 is 14.5. The molecule has 0 bridgehead atoms. The van der Waals surface area contributed by atoms with Crippen molar-refractivity contribution in [1.29, 1.82) is 0 Å². The number of nitrogens with one attached hydrogen (secondary N) is 2. The van der Waals surface area contributed by atoms with Crippen LogP contribution in [0.25, 0.3) is 0 Å². The van der Waals surface area contributed by atoms with Crippen molar-refractivity contribution in [3.05, 3.63) is 33.6 Å². The number of hydrogen-bond acceptors (Lipinski definition) is 12. The van der Waals surface area contributed by atoms with Crippen molar-refractivity contribution in [3.63, 3.8) is 0 Å². The van der Waals surface area contributed by atoms with Crippen LogP contribution in [0.1, 0.15) is 11.1 Å². The molecular weight excluding hydrogens is 435 g/mol. The fraction of sp³-hybridized carbons (Fsp3) is 0.412. The minimum Gasteiger partial charge on any atom is -0.846 e. The molecule has 0 saturated heterocycles. The number of fused-ring (bicyclic) bond motifs is 2. The van der Waals surface area contributed by atoms with Gasteiger partial charge >= 0.3 is 0 Å². The van der Waals surface area contributed by atoms with Gasteiger partial charge in [0.25, 0.3) is 5.56 Å². The Hall–Kier alpha value is -2.51. The fourth-order valence-corrected chi connectivity index (χ4v) is 3.46. The minimum atomic E-state index is -5.39. The zero-order chi connectivity index (χ0) is 23.1. The summed E-state index contributed by atoms with van der Waals surface area (Å²) in [7, 11) is -5.39. The zero-order valence-corrected chi connectivity index (χ0v) is 17.3. The fourth-order valence-electron chi connectivity index (χ4n) is 3.12. The van der Waals surface area contributed by atoms with Crippen LogP contribution < -0.4 is 30.7 Å². The number of H-pyrrole nitrogens is 1. The summed E-state index contributed by atoms with van der Waals surface area (Å²) in [5, 5.41) is 45.1. The van der Waals surface area contributed by atoms with E-state index in [0.29, 0.717) is 11.4 Å². The minimum absolute atomic E-state index is 0.0560. The van der Waals surface area contributed by atoms with Crippen LogP contribution in [0.3, 0.4) is 0 Å². The van der Waals surface area contributed by atoms with E-state index in [1.807, 2.05) is 18.8 Å². The van der Waals surface area contributed by atoms with Crippen LogP contribution in [0, 0.1) is 13.8 Å². The Morgan fingerprint density at radius 1 is 1.19 bits per heavy atom. The molecular formula is C17H20N4O9P-3. The third-order valence-corrected chi connectivity index (χ3v) is 5.32. The maximum Gasteiger partial charge on any atom is 0.276 e. The number of phosphoric acid groups is 1. The summed E-state index contributed by atoms with van der Waals surface area (Å²) in [4.78, 5) is 40.5. The molecule has 2 heterocycles. The summed E-state index contributed by atoms with van der Waals surface area (Å²) in [6.45, 7) is 2.17. The van der Waals surface area contributed by atoms with Gasteiger partial charge in [0.15, 0.2) is 5.82 Å². The molecule has 1 aliphatic heterocycles. The second-order valence-corrected chi connectivity index (χ2v) is 8.28. The highest BCUT2D eigenvalue weighted by Crippen LogP contribution is 2.42. The molecule has 3 rings (SSSR count). The van der Waals surface area contributed by atoms with Gasteiger partial charge in [-0.3, -0.25) is 4.79 Å². The van der Waals surface area contributed by atoms with E-state index in [1.54, 1.807) is 12.1 Å². The van der Waals surface area contributed by atoms with E-state index in [0.717, 1.165) is 11.1 Å². The van der Waals surface area contributed by atoms with E-state index in [-0.39, 0.29) is 11.5 Å². The van der Waals surface area contributed by atoms with Gasteiger partial charge in [-0.2, -0.15) is 0 Å². The third kappa shape index (κ3) is 5.05. The normalized spacial score (nSPS) is 16.2. The van der Waals surface area contributed by atoms with Crippen LogP contribution in [-0.4, -0.2) is 56.8 Å². The number of aliphatic hydroxyl groups excluding tert-OH is 3. The molecule has 5 N–H and O–H groups in total. The molecule has 1 aliphatic rings. The molecule has 31 heavy (non-hydrogen) atoms. The number of rotatable bonds is 7. The molecule has 3 atom stereocenters. The van der Waals surface area contributed by atoms with Crippen molar-refractivity contribution in [2.45, 2.75) is 32.2 Å². The van der Waals surface area contributed by atoms with Crippen LogP contribution in [0.5, 0.6) is 6.01 Å². The molecule has 1 aromatic carbocycles. The largest absolute Gasteiger partial charge is 0.846 e. The summed E-state index contributed by atoms with van der Waals surface area (Å²) in [6.07, 6.45) is -5.54. The highest BCUT2D eigenvalue weighted by Gasteiger charge is 2.32. The van der Waals surface area contributed by atoms with E-state index in [4.69, 9.17) is 0 Å². The highest BCUT2D eigenvalue weighted by atomic mass is 31.2. The Morgan fingerprint density at radius 2 is 1.84 bits per heavy atom. The predicted octanol–water partition coefficient (Wildman–Crippen LogP) is -2.42. The Bertz CT molecular complexity index is 1090. The Labute approximate surface area is 175 Å². The number of anilines is 4. The van der Waals surface area contributed by atoms with Gasteiger partial charge in [0.1, 0.15) is 24.0 Å². The van der Waals surface area contributed by atoms with Gasteiger partial charge in [-0.05, 0) is 37.1 Å². The van der Waals surface area contributed by atoms with E-state index >= 15 is 0 Å². The lowest BCUT2D eigenvalue weighted by molar-refractivity contribution is -0.343. The number of benzene rings is 1. The second-order valence-electron chi connectivity index (χ2n) is 7.13. The summed E-state index contributed by atoms with van der Waals surface area (Å²) in [5.41, 5.74) is 1.87. The second kappa shape index (κ2) is 8.55. The first-order valence-corrected chi connectivity index (χ1v) is 10.5. The molecule has 13 nitrogen and oxygen atoms in total. The van der Waals surface area contributed by atoms with Gasteiger partial charge in [-0.15, -0.1) is 0 Å². The van der Waals surface area contributed by atoms with Crippen molar-refractivity contribution in [3.8, 4) is 6.01 Å². The van der Waals surface area contributed by atoms with E-state index in [9.17, 15) is 39.6 Å². The number of aromatic amines is 1. The number of nitrogens with zero attached hydrogens (tertiary/aromatic N) is 2. The standard InChI is InChI=1S/C17H23N4O9P/c1-7-3-9-10(4-8(7)2)21(15-13(18-9)16(25)20-17(26)19-15)5-11(22)14(24)12(23)6-30-31(27,28)29/h3-4,11-12,14,18,22-24H,5-6H2,1-2H3,(H2,27,28,29)(H2,19,20,25,26)/p-3/t11-,12+,14-/m0/s1. The lowest BCUT2D eigenvalue weighted by atomic mass is 10.0. The smallest absolute Gasteiger partial charge is 0.276 e. The van der Waals surface area contributed by atoms with Crippen LogP contribution in [-0.2, 0) is 9.09 Å². The molecule has 14 heteroatoms. The first-order valence-electron chi connectivity index (χ1n) is 9.05. The number of aromatic nitrogens is 2. The molecule has 0 fully saturated rings. The van der Waals surface area contributed by atoms with Crippen molar-refractivity contribution in [2.75, 3.05) is 23.4 Å². The van der Waals surface area contributed by atoms with E-state index in [2.05, 4.69) is 14.8 Å². The molecule has 2 aromatic rings. The van der Waals surface area contributed by atoms with Gasteiger partial charge in [-0.25, -0.2) is 4.98 Å². The van der Waals surface area contributed by atoms with Crippen molar-refractivity contribution in [2.24, 2.45) is 0 Å². The third-order valence-electron chi connectivity index (χ3n) is 4.86. The number of aryl methyl sites for hydroxylation is 2. The first-order chi connectivity index (χ1) is 14.4. The van der Waals surface area contributed by atoms with Crippen LogP contribution in [0.4, 0.5) is 22.9 Å². The average molecular weight is 455 g/mol. The lowest BCUT2D eigenvalue weighted by Crippen LogP contribution is -2.46. The van der Waals surface area contributed by atoms with Gasteiger partial charge in [-0.1, -0.05) is 0 Å². The van der Waals surface area contributed by atoms with Gasteiger partial charge in [0, 0.05) is 0 Å². The Kier molecular flexibility index (Phi) is 6.39. The number of β-amino-alcohol motifs (C(OH)–C–C–N with tert-alkyl or cyclic N) is 1. The van der Waals surface area contributed by atoms with Crippen LogP contribution in [0.2, 0.25) is 0 Å². The number of hydrogen-bond donors (Lipinski definition) is 5. The Balaban J connectivity index is 1.94. The van der Waals surface area contributed by atoms with Gasteiger partial charge in [0.05, 0.1) is 38.4 Å². The molecule has 1 aromatic heterocycles. The Morgan fingerprint density at radius 3 is 2.48 bits per heavy atom. The van der Waals surface area contributed by atoms with E-state index in [1.165, 1.54) is 4.90 Å². The van der Waals surface area contributed by atoms with Crippen molar-refractivity contribution < 1.29 is 39.3 Å². The predicted molar refractivity (Wildman–Crippen MR) is 102 cm³/mol. The lowest BCUT2D eigenvalue weighted by Gasteiger charge is -2.36. The van der Waals surface area contributed by atoms with E-state index < -0.39 is 50.9 Å². The van der Waals surface area contributed by atoms with Gasteiger partial charge in [0.2, 0.25) is 0 Å². The SMILES string of the molecule is Cc1cc2c(cc1C)N(C[C@H](O)[C@H](O)[C@H](O)COP(=O)([O-])[O-])c1nc([O-])[nH]c(=O)c1N2. The molecule has 0 aliphatic carbocycles. The number of aliphatic hydroxyl groups is 3. The summed E-state index contributed by atoms with van der Waals surface area (Å²) in [5.74, 6) is -0.106. The van der Waals surface area contributed by atoms with Crippen molar-refractivity contribution in [1.82, 2.24) is 9.97 Å². The molecule has 0 saturated carbocycles. The topological polar surface area (TPSA) is 217 Å². The quantitative estimate of drug-likeness (QED) is 0.276. The average Bonchev–Trinajstić information content (AvgIpc) is 2.67. The maximum absolute atomic E-state index is 12.3. The maximum atomic E-state index is 12.3. The molecule has 0 spiro atoms. The molecule has 170 valence electrons. The highest BCUT2D eigenvalue weighted by molar-refractivity contribution is 7.43. The summed E-state index contributed by atoms with van der Waals surface area (Å²) in [6, 6.07) is 2.54. The van der Waals surface area contributed by atoms with Crippen LogP contribution in [0.15, 0.2) is 16.9 Å². The molecule has 0 unspecified atom stereocenters. The molecule has 0 radical (unpaired) electrons. The van der Waals surface area contributed by atoms with Crippen LogP contribution >= 0.6 is 7.82 Å². The monoisotopic (exact) mass is 455 g/mol. The number of phosphoric ester groups is 1. The summed E-state index contributed by atoms with van der Waals surface area (Å²) >= 11 is 0. The first kappa shape index (κ1) is 23.2. The van der Waals surface area contributed by atoms with Crippen molar-refractivity contribution >= 4 is 30.7 Å². The molecule has 0 amide bonds. The zero-order valence-electron chi connectivity index (χ0n) is 16.4.